The number of carbonyl (C=O) groups excluding carboxylic acids is 1. The molecule has 96 valence electrons. The Bertz CT molecular complexity index is 516. The van der Waals surface area contributed by atoms with Crippen molar-refractivity contribution >= 4 is 22.9 Å². The van der Waals surface area contributed by atoms with Crippen LogP contribution in [0.2, 0.25) is 0 Å². The number of amides is 1. The molecule has 0 atom stereocenters. The zero-order valence-corrected chi connectivity index (χ0v) is 11.5. The van der Waals surface area contributed by atoms with Crippen LogP contribution in [0.5, 0.6) is 0 Å². The van der Waals surface area contributed by atoms with E-state index >= 15 is 0 Å². The van der Waals surface area contributed by atoms with Gasteiger partial charge in [-0.3, -0.25) is 9.48 Å². The summed E-state index contributed by atoms with van der Waals surface area (Å²) in [6, 6.07) is 4.15. The molecule has 4 nitrogen and oxygen atoms in total. The third-order valence-electron chi connectivity index (χ3n) is 2.69. The minimum absolute atomic E-state index is 0.0580. The second kappa shape index (κ2) is 5.82. The first-order chi connectivity index (χ1) is 8.65. The molecule has 5 heteroatoms. The Morgan fingerprint density at radius 3 is 3.00 bits per heavy atom. The fourth-order valence-electron chi connectivity index (χ4n) is 1.81. The molecule has 0 aliphatic carbocycles. The number of anilines is 1. The van der Waals surface area contributed by atoms with Gasteiger partial charge in [0.1, 0.15) is 0 Å². The van der Waals surface area contributed by atoms with E-state index in [1.54, 1.807) is 16.0 Å². The molecule has 0 bridgehead atoms. The maximum absolute atomic E-state index is 11.8. The molecular formula is C13H17N3OS. The van der Waals surface area contributed by atoms with Gasteiger partial charge in [-0.15, -0.1) is 11.3 Å². The van der Waals surface area contributed by atoms with Crippen LogP contribution in [0.15, 0.2) is 23.7 Å². The molecule has 2 aromatic heterocycles. The second-order valence-corrected chi connectivity index (χ2v) is 5.32. The van der Waals surface area contributed by atoms with Gasteiger partial charge in [-0.25, -0.2) is 0 Å². The predicted octanol–water partition coefficient (Wildman–Crippen LogP) is 2.75. The van der Waals surface area contributed by atoms with Gasteiger partial charge < -0.3 is 5.32 Å². The molecule has 1 amide bonds. The molecule has 0 saturated carbocycles. The van der Waals surface area contributed by atoms with Crippen molar-refractivity contribution < 1.29 is 4.79 Å². The van der Waals surface area contributed by atoms with Crippen LogP contribution < -0.4 is 5.32 Å². The smallest absolute Gasteiger partial charge is 0.224 e. The number of aromatic nitrogens is 2. The third-order valence-corrected chi connectivity index (χ3v) is 3.63. The summed E-state index contributed by atoms with van der Waals surface area (Å²) in [5, 5.41) is 9.14. The average Bonchev–Trinajstić information content (AvgIpc) is 2.90. The number of hydrogen-bond donors (Lipinski definition) is 1. The van der Waals surface area contributed by atoms with E-state index in [4.69, 9.17) is 0 Å². The van der Waals surface area contributed by atoms with Gasteiger partial charge in [-0.2, -0.15) is 5.10 Å². The summed E-state index contributed by atoms with van der Waals surface area (Å²) in [7, 11) is 1.85. The summed E-state index contributed by atoms with van der Waals surface area (Å²) < 4.78 is 1.70. The largest absolute Gasteiger partial charge is 0.323 e. The molecule has 0 aliphatic heterocycles. The number of nitrogens with one attached hydrogen (secondary N) is 1. The van der Waals surface area contributed by atoms with Crippen molar-refractivity contribution in [2.24, 2.45) is 7.05 Å². The highest BCUT2D eigenvalue weighted by Gasteiger charge is 2.07. The van der Waals surface area contributed by atoms with E-state index < -0.39 is 0 Å². The molecule has 0 fully saturated rings. The van der Waals surface area contributed by atoms with Crippen molar-refractivity contribution in [3.8, 4) is 0 Å². The highest BCUT2D eigenvalue weighted by Crippen LogP contribution is 2.14. The van der Waals surface area contributed by atoms with Crippen molar-refractivity contribution in [3.63, 3.8) is 0 Å². The van der Waals surface area contributed by atoms with Crippen LogP contribution in [0, 0.1) is 6.92 Å². The number of aryl methyl sites for hydroxylation is 3. The number of carbonyl (C=O) groups is 1. The van der Waals surface area contributed by atoms with Crippen LogP contribution in [-0.2, 0) is 18.3 Å². The van der Waals surface area contributed by atoms with E-state index in [2.05, 4.69) is 21.9 Å². The molecular weight excluding hydrogens is 246 g/mol. The first kappa shape index (κ1) is 12.8. The van der Waals surface area contributed by atoms with E-state index in [1.807, 2.05) is 26.2 Å². The molecule has 2 heterocycles. The van der Waals surface area contributed by atoms with Gasteiger partial charge in [0.2, 0.25) is 5.91 Å². The Hall–Kier alpha value is -1.62. The van der Waals surface area contributed by atoms with Crippen LogP contribution in [-0.4, -0.2) is 15.7 Å². The molecule has 0 aliphatic rings. The van der Waals surface area contributed by atoms with E-state index in [9.17, 15) is 4.79 Å². The summed E-state index contributed by atoms with van der Waals surface area (Å²) >= 11 is 1.74. The van der Waals surface area contributed by atoms with E-state index in [0.29, 0.717) is 6.42 Å². The van der Waals surface area contributed by atoms with Crippen LogP contribution in [0.4, 0.5) is 5.69 Å². The standard InChI is InChI=1S/C13H17N3OS/c1-10-12(9-16(2)15-10)14-13(17)7-3-5-11-6-4-8-18-11/h4,6,8-9H,3,5,7H2,1-2H3,(H,14,17). The molecule has 1 N–H and O–H groups in total. The van der Waals surface area contributed by atoms with Crippen molar-refractivity contribution in [2.45, 2.75) is 26.2 Å². The summed E-state index contributed by atoms with van der Waals surface area (Å²) in [4.78, 5) is 13.1. The fraction of sp³-hybridized carbons (Fsp3) is 0.385. The van der Waals surface area contributed by atoms with Crippen LogP contribution in [0.25, 0.3) is 0 Å². The van der Waals surface area contributed by atoms with Gasteiger partial charge in [0.15, 0.2) is 0 Å². The lowest BCUT2D eigenvalue weighted by Gasteiger charge is -2.02. The lowest BCUT2D eigenvalue weighted by molar-refractivity contribution is -0.116. The second-order valence-electron chi connectivity index (χ2n) is 4.28. The topological polar surface area (TPSA) is 46.9 Å². The zero-order valence-electron chi connectivity index (χ0n) is 10.6. The molecule has 0 radical (unpaired) electrons. The molecule has 0 aromatic carbocycles. The van der Waals surface area contributed by atoms with Gasteiger partial charge >= 0.3 is 0 Å². The lowest BCUT2D eigenvalue weighted by Crippen LogP contribution is -2.11. The molecule has 0 saturated heterocycles. The Labute approximate surface area is 111 Å². The monoisotopic (exact) mass is 263 g/mol. The molecule has 0 unspecified atom stereocenters. The predicted molar refractivity (Wildman–Crippen MR) is 73.8 cm³/mol. The van der Waals surface area contributed by atoms with E-state index in [1.165, 1.54) is 4.88 Å². The first-order valence-corrected chi connectivity index (χ1v) is 6.85. The number of nitrogens with zero attached hydrogens (tertiary/aromatic N) is 2. The highest BCUT2D eigenvalue weighted by molar-refractivity contribution is 7.09. The van der Waals surface area contributed by atoms with Crippen molar-refractivity contribution in [1.82, 2.24) is 9.78 Å². The van der Waals surface area contributed by atoms with Crippen molar-refractivity contribution in [3.05, 3.63) is 34.3 Å². The fourth-order valence-corrected chi connectivity index (χ4v) is 2.56. The SMILES string of the molecule is Cc1nn(C)cc1NC(=O)CCCc1cccs1. The Balaban J connectivity index is 1.77. The number of thiophene rings is 1. The molecule has 2 aromatic rings. The van der Waals surface area contributed by atoms with Crippen LogP contribution >= 0.6 is 11.3 Å². The van der Waals surface area contributed by atoms with Gasteiger partial charge in [0.05, 0.1) is 11.4 Å². The summed E-state index contributed by atoms with van der Waals surface area (Å²) in [5.41, 5.74) is 1.66. The van der Waals surface area contributed by atoms with Gasteiger partial charge in [0, 0.05) is 24.5 Å². The normalized spacial score (nSPS) is 10.6. The average molecular weight is 263 g/mol. The third kappa shape index (κ3) is 3.43. The zero-order chi connectivity index (χ0) is 13.0. The van der Waals surface area contributed by atoms with Gasteiger partial charge in [-0.1, -0.05) is 6.07 Å². The van der Waals surface area contributed by atoms with Crippen molar-refractivity contribution in [2.75, 3.05) is 5.32 Å². The van der Waals surface area contributed by atoms with E-state index in [-0.39, 0.29) is 5.91 Å². The van der Waals surface area contributed by atoms with Gasteiger partial charge in [-0.05, 0) is 31.2 Å². The minimum atomic E-state index is 0.0580. The summed E-state index contributed by atoms with van der Waals surface area (Å²) in [6.45, 7) is 1.89. The molecule has 2 rings (SSSR count). The maximum Gasteiger partial charge on any atom is 0.224 e. The van der Waals surface area contributed by atoms with Gasteiger partial charge in [0.25, 0.3) is 0 Å². The van der Waals surface area contributed by atoms with Crippen LogP contribution in [0.1, 0.15) is 23.4 Å². The Kier molecular flexibility index (Phi) is 4.15. The quantitative estimate of drug-likeness (QED) is 0.901. The highest BCUT2D eigenvalue weighted by atomic mass is 32.1. The Morgan fingerprint density at radius 1 is 1.56 bits per heavy atom. The van der Waals surface area contributed by atoms with E-state index in [0.717, 1.165) is 24.2 Å². The maximum atomic E-state index is 11.8. The minimum Gasteiger partial charge on any atom is -0.323 e. The summed E-state index contributed by atoms with van der Waals surface area (Å²) in [5.74, 6) is 0.0580. The van der Waals surface area contributed by atoms with Crippen molar-refractivity contribution in [1.29, 1.82) is 0 Å². The lowest BCUT2D eigenvalue weighted by atomic mass is 10.2. The number of rotatable bonds is 5. The molecule has 0 spiro atoms. The number of hydrogen-bond acceptors (Lipinski definition) is 3. The molecule has 18 heavy (non-hydrogen) atoms. The Morgan fingerprint density at radius 2 is 2.39 bits per heavy atom. The first-order valence-electron chi connectivity index (χ1n) is 5.97. The summed E-state index contributed by atoms with van der Waals surface area (Å²) in [6.07, 6.45) is 4.22. The van der Waals surface area contributed by atoms with Crippen LogP contribution in [0.3, 0.4) is 0 Å².